The van der Waals surface area contributed by atoms with E-state index in [0.29, 0.717) is 5.82 Å². The maximum absolute atomic E-state index is 11.1. The van der Waals surface area contributed by atoms with E-state index in [1.54, 1.807) is 11.3 Å². The number of anilines is 1. The highest BCUT2D eigenvalue weighted by atomic mass is 32.1. The lowest BCUT2D eigenvalue weighted by atomic mass is 10.2. The number of quaternary nitrogens is 1. The van der Waals surface area contributed by atoms with Gasteiger partial charge in [0, 0.05) is 4.88 Å². The van der Waals surface area contributed by atoms with E-state index in [4.69, 9.17) is 15.5 Å². The first-order valence-corrected chi connectivity index (χ1v) is 8.56. The summed E-state index contributed by atoms with van der Waals surface area (Å²) in [6.45, 7) is 8.46. The molecular formula is C15H22N5O2S+. The van der Waals surface area contributed by atoms with Gasteiger partial charge in [0.15, 0.2) is 5.82 Å². The van der Waals surface area contributed by atoms with Crippen molar-refractivity contribution in [2.45, 2.75) is 20.4 Å². The average molecular weight is 336 g/mol. The second kappa shape index (κ2) is 6.77. The number of carbonyl (C=O) groups excluding carboxylic acids is 1. The van der Waals surface area contributed by atoms with E-state index in [0.717, 1.165) is 54.5 Å². The highest BCUT2D eigenvalue weighted by Gasteiger charge is 2.19. The van der Waals surface area contributed by atoms with Crippen LogP contribution in [-0.4, -0.2) is 48.7 Å². The van der Waals surface area contributed by atoms with E-state index in [1.807, 2.05) is 0 Å². The lowest BCUT2D eigenvalue weighted by Gasteiger charge is -2.23. The van der Waals surface area contributed by atoms with Crippen LogP contribution in [0.25, 0.3) is 10.2 Å². The maximum Gasteiger partial charge on any atom is 0.236 e. The Kier molecular flexibility index (Phi) is 4.74. The molecule has 1 aliphatic heterocycles. The zero-order valence-electron chi connectivity index (χ0n) is 13.4. The number of primary amides is 1. The van der Waals surface area contributed by atoms with Crippen molar-refractivity contribution in [3.63, 3.8) is 0 Å². The van der Waals surface area contributed by atoms with Crippen LogP contribution in [0.1, 0.15) is 16.3 Å². The van der Waals surface area contributed by atoms with Gasteiger partial charge in [0.05, 0.1) is 25.1 Å². The number of rotatable bonds is 5. The summed E-state index contributed by atoms with van der Waals surface area (Å²) in [5, 5.41) is 4.06. The molecular weight excluding hydrogens is 314 g/mol. The lowest BCUT2D eigenvalue weighted by Crippen LogP contribution is -3.12. The van der Waals surface area contributed by atoms with Crippen LogP contribution in [0.5, 0.6) is 0 Å². The van der Waals surface area contributed by atoms with Crippen LogP contribution < -0.4 is 16.0 Å². The molecule has 1 saturated heterocycles. The molecule has 3 rings (SSSR count). The van der Waals surface area contributed by atoms with E-state index >= 15 is 0 Å². The van der Waals surface area contributed by atoms with Gasteiger partial charge in [-0.3, -0.25) is 4.79 Å². The number of hydrogen-bond donors (Lipinski definition) is 3. The number of nitrogens with two attached hydrogens (primary N) is 1. The molecule has 23 heavy (non-hydrogen) atoms. The summed E-state index contributed by atoms with van der Waals surface area (Å²) in [5.74, 6) is 1.10. The Morgan fingerprint density at radius 2 is 2.09 bits per heavy atom. The molecule has 0 unspecified atom stereocenters. The van der Waals surface area contributed by atoms with Crippen molar-refractivity contribution in [3.05, 3.63) is 16.3 Å². The van der Waals surface area contributed by atoms with E-state index in [2.05, 4.69) is 24.1 Å². The summed E-state index contributed by atoms with van der Waals surface area (Å²) in [5.41, 5.74) is 6.41. The second-order valence-corrected chi connectivity index (χ2v) is 7.01. The molecule has 0 atom stereocenters. The molecule has 0 spiro atoms. The van der Waals surface area contributed by atoms with Gasteiger partial charge in [0.25, 0.3) is 0 Å². The smallest absolute Gasteiger partial charge is 0.236 e. The number of nitrogens with one attached hydrogen (secondary N) is 2. The van der Waals surface area contributed by atoms with Gasteiger partial charge in [-0.05, 0) is 19.4 Å². The van der Waals surface area contributed by atoms with Crippen molar-refractivity contribution in [1.82, 2.24) is 9.97 Å². The van der Waals surface area contributed by atoms with E-state index in [9.17, 15) is 4.79 Å². The number of hydrogen-bond acceptors (Lipinski definition) is 6. The lowest BCUT2D eigenvalue weighted by molar-refractivity contribution is -0.922. The molecule has 0 bridgehead atoms. The van der Waals surface area contributed by atoms with Crippen molar-refractivity contribution in [3.8, 4) is 0 Å². The third-order valence-electron chi connectivity index (χ3n) is 4.11. The van der Waals surface area contributed by atoms with Gasteiger partial charge in [0.2, 0.25) is 5.91 Å². The zero-order chi connectivity index (χ0) is 16.4. The fraction of sp³-hybridized carbons (Fsp3) is 0.533. The molecule has 124 valence electrons. The monoisotopic (exact) mass is 336 g/mol. The van der Waals surface area contributed by atoms with Gasteiger partial charge in [0.1, 0.15) is 30.3 Å². The highest BCUT2D eigenvalue weighted by molar-refractivity contribution is 7.18. The van der Waals surface area contributed by atoms with Gasteiger partial charge in [-0.25, -0.2) is 9.97 Å². The topological polar surface area (TPSA) is 94.6 Å². The minimum atomic E-state index is -0.401. The van der Waals surface area contributed by atoms with Crippen LogP contribution in [0.2, 0.25) is 0 Å². The van der Waals surface area contributed by atoms with E-state index in [-0.39, 0.29) is 6.54 Å². The van der Waals surface area contributed by atoms with E-state index in [1.165, 1.54) is 9.78 Å². The Balaban J connectivity index is 1.93. The number of aromatic nitrogens is 2. The molecule has 1 fully saturated rings. The first-order valence-electron chi connectivity index (χ1n) is 7.74. The Morgan fingerprint density at radius 1 is 1.35 bits per heavy atom. The second-order valence-electron chi connectivity index (χ2n) is 5.81. The van der Waals surface area contributed by atoms with Crippen LogP contribution in [0.15, 0.2) is 0 Å². The molecule has 2 aromatic heterocycles. The van der Waals surface area contributed by atoms with Gasteiger partial charge in [-0.15, -0.1) is 11.3 Å². The molecule has 4 N–H and O–H groups in total. The van der Waals surface area contributed by atoms with Crippen LogP contribution in [0, 0.1) is 13.8 Å². The Morgan fingerprint density at radius 3 is 2.78 bits per heavy atom. The predicted octanol–water partition coefficient (Wildman–Crippen LogP) is -0.380. The molecule has 0 aromatic carbocycles. The Bertz CT molecular complexity index is 724. The fourth-order valence-corrected chi connectivity index (χ4v) is 3.78. The fourth-order valence-electron chi connectivity index (χ4n) is 2.73. The normalized spacial score (nSPS) is 15.9. The summed E-state index contributed by atoms with van der Waals surface area (Å²) < 4.78 is 5.39. The first kappa shape index (κ1) is 16.1. The largest absolute Gasteiger partial charge is 0.370 e. The summed E-state index contributed by atoms with van der Waals surface area (Å²) in [6, 6.07) is 0. The minimum Gasteiger partial charge on any atom is -0.370 e. The van der Waals surface area contributed by atoms with Crippen molar-refractivity contribution in [2.24, 2.45) is 5.73 Å². The number of amides is 1. The summed E-state index contributed by atoms with van der Waals surface area (Å²) >= 11 is 1.66. The third kappa shape index (κ3) is 3.60. The Hall–Kier alpha value is -1.77. The summed E-state index contributed by atoms with van der Waals surface area (Å²) in [6.07, 6.45) is 0. The molecule has 8 heteroatoms. The molecule has 3 heterocycles. The number of carbonyl (C=O) groups is 1. The van der Waals surface area contributed by atoms with Crippen molar-refractivity contribution in [1.29, 1.82) is 0 Å². The van der Waals surface area contributed by atoms with Crippen molar-refractivity contribution in [2.75, 3.05) is 38.2 Å². The number of thiophene rings is 1. The summed E-state index contributed by atoms with van der Waals surface area (Å²) in [7, 11) is 0. The molecule has 2 aromatic rings. The Labute approximate surface area is 138 Å². The molecule has 0 aliphatic carbocycles. The van der Waals surface area contributed by atoms with Crippen LogP contribution >= 0.6 is 11.3 Å². The number of aryl methyl sites for hydroxylation is 2. The minimum absolute atomic E-state index is 0.0737. The average Bonchev–Trinajstić information content (AvgIpc) is 2.81. The SMILES string of the molecule is Cc1sc2nc(C[NH+]3CCOCC3)nc(NCC(N)=O)c2c1C. The molecule has 0 saturated carbocycles. The highest BCUT2D eigenvalue weighted by Crippen LogP contribution is 2.33. The molecule has 7 nitrogen and oxygen atoms in total. The molecule has 0 radical (unpaired) electrons. The molecule has 1 aliphatic rings. The maximum atomic E-state index is 11.1. The standard InChI is InChI=1S/C15H21N5O2S/c1-9-10(2)23-15-13(9)14(17-7-11(16)21)18-12(19-15)8-20-3-5-22-6-4-20/h3-8H2,1-2H3,(H2,16,21)(H,17,18,19)/p+1. The zero-order valence-corrected chi connectivity index (χ0v) is 14.3. The summed E-state index contributed by atoms with van der Waals surface area (Å²) in [4.78, 5) is 24.1. The first-order chi connectivity index (χ1) is 11.0. The number of morpholine rings is 1. The van der Waals surface area contributed by atoms with Crippen LogP contribution in [0.4, 0.5) is 5.82 Å². The van der Waals surface area contributed by atoms with Gasteiger partial charge in [-0.1, -0.05) is 0 Å². The van der Waals surface area contributed by atoms with E-state index < -0.39 is 5.91 Å². The van der Waals surface area contributed by atoms with Crippen LogP contribution in [0.3, 0.4) is 0 Å². The molecule has 1 amide bonds. The quantitative estimate of drug-likeness (QED) is 0.692. The van der Waals surface area contributed by atoms with Gasteiger partial charge >= 0.3 is 0 Å². The number of nitrogens with zero attached hydrogens (tertiary/aromatic N) is 2. The van der Waals surface area contributed by atoms with Crippen LogP contribution in [-0.2, 0) is 16.1 Å². The predicted molar refractivity (Wildman–Crippen MR) is 89.8 cm³/mol. The number of fused-ring (bicyclic) bond motifs is 1. The van der Waals surface area contributed by atoms with Crippen molar-refractivity contribution < 1.29 is 14.4 Å². The number of ether oxygens (including phenoxy) is 1. The van der Waals surface area contributed by atoms with Gasteiger partial charge in [-0.2, -0.15) is 0 Å². The van der Waals surface area contributed by atoms with Crippen molar-refractivity contribution >= 4 is 33.3 Å². The third-order valence-corrected chi connectivity index (χ3v) is 5.21. The van der Waals surface area contributed by atoms with Gasteiger partial charge < -0.3 is 20.7 Å².